The molecule has 20 heavy (non-hydrogen) atoms. The molecule has 0 spiro atoms. The fourth-order valence-electron chi connectivity index (χ4n) is 2.41. The van der Waals surface area contributed by atoms with Gasteiger partial charge in [0.15, 0.2) is 0 Å². The Labute approximate surface area is 125 Å². The van der Waals surface area contributed by atoms with Crippen LogP contribution in [0.4, 0.5) is 14.5 Å². The molecule has 2 rings (SSSR count). The Bertz CT molecular complexity index is 467. The summed E-state index contributed by atoms with van der Waals surface area (Å²) in [6.07, 6.45) is 5.40. The fourth-order valence-corrected chi connectivity index (χ4v) is 2.81. The van der Waals surface area contributed by atoms with Gasteiger partial charge >= 0.3 is 0 Å². The van der Waals surface area contributed by atoms with Crippen LogP contribution in [-0.2, 0) is 4.79 Å². The van der Waals surface area contributed by atoms with Crippen LogP contribution < -0.4 is 10.6 Å². The third kappa shape index (κ3) is 4.16. The van der Waals surface area contributed by atoms with Crippen molar-refractivity contribution in [1.82, 2.24) is 5.32 Å². The van der Waals surface area contributed by atoms with Crippen LogP contribution in [0.1, 0.15) is 32.1 Å². The smallest absolute Gasteiger partial charge is 0.239 e. The third-order valence-corrected chi connectivity index (χ3v) is 3.86. The van der Waals surface area contributed by atoms with Gasteiger partial charge < -0.3 is 10.6 Å². The Hall–Kier alpha value is -1.17. The first kappa shape index (κ1) is 15.2. The molecule has 0 aromatic heterocycles. The molecule has 3 nitrogen and oxygen atoms in total. The van der Waals surface area contributed by atoms with Crippen molar-refractivity contribution < 1.29 is 13.6 Å². The quantitative estimate of drug-likeness (QED) is 0.874. The maximum atomic E-state index is 13.6. The summed E-state index contributed by atoms with van der Waals surface area (Å²) >= 11 is 3.01. The SMILES string of the molecule is O=C(CNc1c(F)cc(Br)cc1F)NC1CCCCC1. The molecule has 0 radical (unpaired) electrons. The average molecular weight is 347 g/mol. The zero-order chi connectivity index (χ0) is 14.5. The molecular formula is C14H17BrF2N2O. The first-order chi connectivity index (χ1) is 9.56. The number of rotatable bonds is 4. The molecular weight excluding hydrogens is 330 g/mol. The van der Waals surface area contributed by atoms with E-state index in [4.69, 9.17) is 0 Å². The zero-order valence-electron chi connectivity index (χ0n) is 11.0. The van der Waals surface area contributed by atoms with Gasteiger partial charge in [-0.1, -0.05) is 35.2 Å². The lowest BCUT2D eigenvalue weighted by Gasteiger charge is -2.23. The van der Waals surface area contributed by atoms with Crippen molar-refractivity contribution in [2.45, 2.75) is 38.1 Å². The van der Waals surface area contributed by atoms with Gasteiger partial charge in [-0.15, -0.1) is 0 Å². The van der Waals surface area contributed by atoms with E-state index in [9.17, 15) is 13.6 Å². The summed E-state index contributed by atoms with van der Waals surface area (Å²) in [7, 11) is 0. The van der Waals surface area contributed by atoms with Crippen molar-refractivity contribution in [2.75, 3.05) is 11.9 Å². The maximum absolute atomic E-state index is 13.6. The highest BCUT2D eigenvalue weighted by Crippen LogP contribution is 2.23. The molecule has 0 atom stereocenters. The van der Waals surface area contributed by atoms with Crippen LogP contribution in [0, 0.1) is 11.6 Å². The Morgan fingerprint density at radius 2 is 1.80 bits per heavy atom. The molecule has 1 saturated carbocycles. The highest BCUT2D eigenvalue weighted by atomic mass is 79.9. The molecule has 110 valence electrons. The molecule has 0 aliphatic heterocycles. The van der Waals surface area contributed by atoms with E-state index in [-0.39, 0.29) is 24.2 Å². The second-order valence-electron chi connectivity index (χ2n) is 5.00. The summed E-state index contributed by atoms with van der Waals surface area (Å²) in [6, 6.07) is 2.51. The van der Waals surface area contributed by atoms with Gasteiger partial charge in [0.2, 0.25) is 5.91 Å². The van der Waals surface area contributed by atoms with Crippen LogP contribution in [0.15, 0.2) is 16.6 Å². The van der Waals surface area contributed by atoms with Gasteiger partial charge in [0.05, 0.1) is 6.54 Å². The number of amides is 1. The van der Waals surface area contributed by atoms with Gasteiger partial charge in [-0.3, -0.25) is 4.79 Å². The fraction of sp³-hybridized carbons (Fsp3) is 0.500. The molecule has 6 heteroatoms. The van der Waals surface area contributed by atoms with Crippen molar-refractivity contribution in [3.63, 3.8) is 0 Å². The summed E-state index contributed by atoms with van der Waals surface area (Å²) in [5.41, 5.74) is -0.271. The monoisotopic (exact) mass is 346 g/mol. The van der Waals surface area contributed by atoms with Crippen molar-refractivity contribution in [3.8, 4) is 0 Å². The summed E-state index contributed by atoms with van der Waals surface area (Å²) in [5.74, 6) is -1.68. The van der Waals surface area contributed by atoms with Crippen molar-refractivity contribution in [3.05, 3.63) is 28.2 Å². The Morgan fingerprint density at radius 1 is 1.20 bits per heavy atom. The minimum absolute atomic E-state index is 0.133. The number of anilines is 1. The first-order valence-electron chi connectivity index (χ1n) is 6.74. The van der Waals surface area contributed by atoms with Crippen LogP contribution in [0.2, 0.25) is 0 Å². The topological polar surface area (TPSA) is 41.1 Å². The number of benzene rings is 1. The van der Waals surface area contributed by atoms with Gasteiger partial charge in [0.1, 0.15) is 17.3 Å². The van der Waals surface area contributed by atoms with Gasteiger partial charge in [0.25, 0.3) is 0 Å². The van der Waals surface area contributed by atoms with E-state index in [1.807, 2.05) is 0 Å². The summed E-state index contributed by atoms with van der Waals surface area (Å²) in [5, 5.41) is 5.40. The molecule has 0 saturated heterocycles. The number of halogens is 3. The minimum Gasteiger partial charge on any atom is -0.371 e. The lowest BCUT2D eigenvalue weighted by Crippen LogP contribution is -2.39. The van der Waals surface area contributed by atoms with Gasteiger partial charge in [0, 0.05) is 10.5 Å². The highest BCUT2D eigenvalue weighted by molar-refractivity contribution is 9.10. The molecule has 1 aliphatic rings. The summed E-state index contributed by atoms with van der Waals surface area (Å²) in [4.78, 5) is 11.7. The second kappa shape index (κ2) is 7.02. The maximum Gasteiger partial charge on any atom is 0.239 e. The van der Waals surface area contributed by atoms with Crippen LogP contribution in [0.25, 0.3) is 0 Å². The lowest BCUT2D eigenvalue weighted by molar-refractivity contribution is -0.120. The molecule has 1 aromatic carbocycles. The van der Waals surface area contributed by atoms with E-state index >= 15 is 0 Å². The van der Waals surface area contributed by atoms with E-state index in [0.717, 1.165) is 37.8 Å². The zero-order valence-corrected chi connectivity index (χ0v) is 12.6. The summed E-state index contributed by atoms with van der Waals surface area (Å²) in [6.45, 7) is -0.133. The normalized spacial score (nSPS) is 15.9. The lowest BCUT2D eigenvalue weighted by atomic mass is 9.95. The summed E-state index contributed by atoms with van der Waals surface area (Å²) < 4.78 is 27.4. The van der Waals surface area contributed by atoms with E-state index in [0.29, 0.717) is 4.47 Å². The van der Waals surface area contributed by atoms with Crippen LogP contribution >= 0.6 is 15.9 Å². The molecule has 0 unspecified atom stereocenters. The average Bonchev–Trinajstić information content (AvgIpc) is 2.38. The van der Waals surface area contributed by atoms with Crippen LogP contribution in [0.5, 0.6) is 0 Å². The van der Waals surface area contributed by atoms with E-state index in [1.54, 1.807) is 0 Å². The number of nitrogens with one attached hydrogen (secondary N) is 2. The Balaban J connectivity index is 1.87. The molecule has 1 aliphatic carbocycles. The number of hydrogen-bond acceptors (Lipinski definition) is 2. The van der Waals surface area contributed by atoms with Crippen molar-refractivity contribution in [1.29, 1.82) is 0 Å². The molecule has 1 aromatic rings. The van der Waals surface area contributed by atoms with Crippen molar-refractivity contribution >= 4 is 27.5 Å². The molecule has 1 amide bonds. The number of carbonyl (C=O) groups is 1. The van der Waals surface area contributed by atoms with E-state index in [1.165, 1.54) is 6.42 Å². The molecule has 0 heterocycles. The van der Waals surface area contributed by atoms with Crippen molar-refractivity contribution in [2.24, 2.45) is 0 Å². The second-order valence-corrected chi connectivity index (χ2v) is 5.92. The van der Waals surface area contributed by atoms with Gasteiger partial charge in [-0.25, -0.2) is 8.78 Å². The Morgan fingerprint density at radius 3 is 2.40 bits per heavy atom. The Kier molecular flexibility index (Phi) is 5.34. The minimum atomic E-state index is -0.720. The molecule has 0 bridgehead atoms. The number of carbonyl (C=O) groups excluding carboxylic acids is 1. The van der Waals surface area contributed by atoms with Gasteiger partial charge in [-0.2, -0.15) is 0 Å². The van der Waals surface area contributed by atoms with Gasteiger partial charge in [-0.05, 0) is 25.0 Å². The molecule has 1 fully saturated rings. The molecule has 2 N–H and O–H groups in total. The first-order valence-corrected chi connectivity index (χ1v) is 7.53. The largest absolute Gasteiger partial charge is 0.371 e. The third-order valence-electron chi connectivity index (χ3n) is 3.40. The van der Waals surface area contributed by atoms with Crippen LogP contribution in [-0.4, -0.2) is 18.5 Å². The predicted octanol–water partition coefficient (Wildman–Crippen LogP) is 3.59. The van der Waals surface area contributed by atoms with E-state index < -0.39 is 11.6 Å². The standard InChI is InChI=1S/C14H17BrF2N2O/c15-9-6-11(16)14(12(17)7-9)18-8-13(20)19-10-4-2-1-3-5-10/h6-7,10,18H,1-5,8H2,(H,19,20). The van der Waals surface area contributed by atoms with Crippen LogP contribution in [0.3, 0.4) is 0 Å². The predicted molar refractivity (Wildman–Crippen MR) is 77.6 cm³/mol. The highest BCUT2D eigenvalue weighted by Gasteiger charge is 2.16. The van der Waals surface area contributed by atoms with E-state index in [2.05, 4.69) is 26.6 Å². The number of hydrogen-bond donors (Lipinski definition) is 2.